The molecule has 0 bridgehead atoms. The average molecular weight is 369 g/mol. The molecule has 0 aliphatic carbocycles. The number of hydrogen-bond acceptors (Lipinski definition) is 3. The highest BCUT2D eigenvalue weighted by atomic mass is 32.2. The summed E-state index contributed by atoms with van der Waals surface area (Å²) in [4.78, 5) is 26.5. The molecule has 1 aliphatic heterocycles. The van der Waals surface area contributed by atoms with E-state index in [1.807, 2.05) is 26.0 Å². The van der Waals surface area contributed by atoms with Gasteiger partial charge in [-0.2, -0.15) is 0 Å². The zero-order valence-electron chi connectivity index (χ0n) is 15.9. The van der Waals surface area contributed by atoms with Crippen LogP contribution in [0.5, 0.6) is 0 Å². The van der Waals surface area contributed by atoms with E-state index >= 15 is 0 Å². The second-order valence-corrected chi connectivity index (χ2v) is 7.78. The topological polar surface area (TPSA) is 42.3 Å². The number of para-hydroxylation sites is 1. The monoisotopic (exact) mass is 368 g/mol. The molecule has 2 heterocycles. The van der Waals surface area contributed by atoms with Crippen LogP contribution >= 0.6 is 11.8 Å². The molecule has 2 aromatic rings. The molecular weight excluding hydrogens is 344 g/mol. The molecule has 0 N–H and O–H groups in total. The van der Waals surface area contributed by atoms with E-state index < -0.39 is 0 Å². The van der Waals surface area contributed by atoms with Crippen LogP contribution in [0.2, 0.25) is 0 Å². The largest absolute Gasteiger partial charge is 0.318 e. The standard InChI is InChI=1S/C21H24N2O2S/c1-6-16-9-7-8-10-18(16)23-14(4)11-17(15(23)5)12-19-20(24)22(13(2)3)21(25)26-19/h7-13H,6H2,1-5H3/b19-12-. The van der Waals surface area contributed by atoms with Crippen LogP contribution in [-0.4, -0.2) is 26.7 Å². The Kier molecular flexibility index (Phi) is 5.10. The van der Waals surface area contributed by atoms with Gasteiger partial charge in [-0.25, -0.2) is 0 Å². The number of carbonyl (C=O) groups is 2. The van der Waals surface area contributed by atoms with Crippen molar-refractivity contribution in [3.8, 4) is 5.69 Å². The maximum Gasteiger partial charge on any atom is 0.293 e. The van der Waals surface area contributed by atoms with Gasteiger partial charge in [0.25, 0.3) is 11.1 Å². The van der Waals surface area contributed by atoms with Gasteiger partial charge in [0.05, 0.1) is 4.91 Å². The van der Waals surface area contributed by atoms with Crippen LogP contribution in [0.3, 0.4) is 0 Å². The number of amides is 2. The van der Waals surface area contributed by atoms with Gasteiger partial charge in [0.1, 0.15) is 0 Å². The van der Waals surface area contributed by atoms with Gasteiger partial charge < -0.3 is 4.57 Å². The fraction of sp³-hybridized carbons (Fsp3) is 0.333. The van der Waals surface area contributed by atoms with E-state index in [0.29, 0.717) is 4.91 Å². The van der Waals surface area contributed by atoms with Gasteiger partial charge in [-0.3, -0.25) is 14.5 Å². The quantitative estimate of drug-likeness (QED) is 0.705. The Morgan fingerprint density at radius 2 is 1.85 bits per heavy atom. The summed E-state index contributed by atoms with van der Waals surface area (Å²) in [5, 5.41) is -0.193. The summed E-state index contributed by atoms with van der Waals surface area (Å²) in [5.74, 6) is -0.200. The first kappa shape index (κ1) is 18.5. The van der Waals surface area contributed by atoms with Gasteiger partial charge in [0.2, 0.25) is 0 Å². The molecule has 0 spiro atoms. The maximum atomic E-state index is 12.5. The molecule has 1 aliphatic rings. The van der Waals surface area contributed by atoms with Crippen molar-refractivity contribution in [2.75, 3.05) is 0 Å². The van der Waals surface area contributed by atoms with E-state index in [0.717, 1.165) is 35.1 Å². The predicted molar refractivity (Wildman–Crippen MR) is 108 cm³/mol. The number of thioether (sulfide) groups is 1. The van der Waals surface area contributed by atoms with Crippen LogP contribution in [0.25, 0.3) is 11.8 Å². The third-order valence-corrected chi connectivity index (χ3v) is 5.59. The molecule has 3 rings (SSSR count). The average Bonchev–Trinajstić information content (AvgIpc) is 3.03. The molecule has 1 fully saturated rings. The van der Waals surface area contributed by atoms with Crippen molar-refractivity contribution in [1.29, 1.82) is 0 Å². The Morgan fingerprint density at radius 3 is 2.46 bits per heavy atom. The molecule has 0 unspecified atom stereocenters. The zero-order chi connectivity index (χ0) is 19.0. The van der Waals surface area contributed by atoms with Crippen molar-refractivity contribution in [3.05, 3.63) is 57.8 Å². The summed E-state index contributed by atoms with van der Waals surface area (Å²) >= 11 is 1.02. The summed E-state index contributed by atoms with van der Waals surface area (Å²) < 4.78 is 2.22. The third-order valence-electron chi connectivity index (χ3n) is 4.71. The van der Waals surface area contributed by atoms with E-state index in [-0.39, 0.29) is 17.2 Å². The number of imide groups is 1. The molecule has 1 aromatic carbocycles. The van der Waals surface area contributed by atoms with E-state index in [1.54, 1.807) is 0 Å². The van der Waals surface area contributed by atoms with Crippen LogP contribution in [0.1, 0.15) is 43.3 Å². The highest BCUT2D eigenvalue weighted by Gasteiger charge is 2.36. The Bertz CT molecular complexity index is 909. The first-order valence-electron chi connectivity index (χ1n) is 8.89. The first-order valence-corrected chi connectivity index (χ1v) is 9.71. The second-order valence-electron chi connectivity index (χ2n) is 6.79. The fourth-order valence-corrected chi connectivity index (χ4v) is 4.35. The Morgan fingerprint density at radius 1 is 1.15 bits per heavy atom. The van der Waals surface area contributed by atoms with Crippen molar-refractivity contribution in [1.82, 2.24) is 9.47 Å². The smallest absolute Gasteiger partial charge is 0.293 e. The summed E-state index contributed by atoms with van der Waals surface area (Å²) in [7, 11) is 0. The number of aryl methyl sites for hydroxylation is 2. The molecule has 4 nitrogen and oxygen atoms in total. The van der Waals surface area contributed by atoms with Gasteiger partial charge in [0, 0.05) is 23.1 Å². The Balaban J connectivity index is 2.05. The first-order chi connectivity index (χ1) is 12.3. The van der Waals surface area contributed by atoms with Crippen molar-refractivity contribution in [2.45, 2.75) is 47.1 Å². The lowest BCUT2D eigenvalue weighted by Gasteiger charge is -2.16. The van der Waals surface area contributed by atoms with Gasteiger partial charge in [0.15, 0.2) is 0 Å². The molecule has 2 amide bonds. The van der Waals surface area contributed by atoms with Crippen molar-refractivity contribution in [3.63, 3.8) is 0 Å². The zero-order valence-corrected chi connectivity index (χ0v) is 16.7. The highest BCUT2D eigenvalue weighted by Crippen LogP contribution is 2.35. The molecule has 0 saturated carbocycles. The van der Waals surface area contributed by atoms with Gasteiger partial charge in [-0.1, -0.05) is 25.1 Å². The summed E-state index contributed by atoms with van der Waals surface area (Å²) in [6.45, 7) is 9.98. The number of benzene rings is 1. The highest BCUT2D eigenvalue weighted by molar-refractivity contribution is 8.18. The van der Waals surface area contributed by atoms with Gasteiger partial charge in [-0.05, 0) is 75.2 Å². The molecule has 26 heavy (non-hydrogen) atoms. The fourth-order valence-electron chi connectivity index (χ4n) is 3.40. The molecule has 1 aromatic heterocycles. The van der Waals surface area contributed by atoms with Crippen LogP contribution in [0, 0.1) is 13.8 Å². The van der Waals surface area contributed by atoms with E-state index in [1.165, 1.54) is 16.2 Å². The Hall–Kier alpha value is -2.27. The van der Waals surface area contributed by atoms with Crippen molar-refractivity contribution in [2.24, 2.45) is 0 Å². The van der Waals surface area contributed by atoms with Crippen LogP contribution in [0.15, 0.2) is 35.2 Å². The van der Waals surface area contributed by atoms with Crippen molar-refractivity contribution >= 4 is 29.0 Å². The SMILES string of the molecule is CCc1ccccc1-n1c(C)cc(/C=C2\SC(=O)N(C(C)C)C2=O)c1C. The molecular formula is C21H24N2O2S. The summed E-state index contributed by atoms with van der Waals surface area (Å²) in [6, 6.07) is 10.3. The number of carbonyl (C=O) groups excluding carboxylic acids is 2. The molecule has 0 radical (unpaired) electrons. The van der Waals surface area contributed by atoms with E-state index in [2.05, 4.69) is 49.6 Å². The van der Waals surface area contributed by atoms with Gasteiger partial charge >= 0.3 is 0 Å². The number of rotatable bonds is 4. The van der Waals surface area contributed by atoms with Gasteiger partial charge in [-0.15, -0.1) is 0 Å². The van der Waals surface area contributed by atoms with Crippen LogP contribution < -0.4 is 0 Å². The third kappa shape index (κ3) is 3.12. The molecule has 1 saturated heterocycles. The lowest BCUT2D eigenvalue weighted by Crippen LogP contribution is -2.34. The number of hydrogen-bond donors (Lipinski definition) is 0. The minimum absolute atomic E-state index is 0.128. The Labute approximate surface area is 158 Å². The lowest BCUT2D eigenvalue weighted by atomic mass is 10.1. The number of aromatic nitrogens is 1. The maximum absolute atomic E-state index is 12.5. The molecule has 5 heteroatoms. The van der Waals surface area contributed by atoms with E-state index in [9.17, 15) is 9.59 Å². The molecule has 0 atom stereocenters. The van der Waals surface area contributed by atoms with Crippen LogP contribution in [-0.2, 0) is 11.2 Å². The predicted octanol–water partition coefficient (Wildman–Crippen LogP) is 5.10. The lowest BCUT2D eigenvalue weighted by molar-refractivity contribution is -0.123. The number of nitrogens with zero attached hydrogens (tertiary/aromatic N) is 2. The minimum Gasteiger partial charge on any atom is -0.318 e. The second kappa shape index (κ2) is 7.16. The summed E-state index contributed by atoms with van der Waals surface area (Å²) in [5.41, 5.74) is 5.60. The van der Waals surface area contributed by atoms with E-state index in [4.69, 9.17) is 0 Å². The summed E-state index contributed by atoms with van der Waals surface area (Å²) in [6.07, 6.45) is 2.80. The minimum atomic E-state index is -0.200. The van der Waals surface area contributed by atoms with Crippen LogP contribution in [0.4, 0.5) is 4.79 Å². The normalized spacial score (nSPS) is 16.4. The van der Waals surface area contributed by atoms with Crippen molar-refractivity contribution < 1.29 is 9.59 Å². The molecule has 136 valence electrons.